The number of benzene rings is 1. The first kappa shape index (κ1) is 15.9. The Kier molecular flexibility index (Phi) is 4.49. The normalized spacial score (nSPS) is 18.7. The summed E-state index contributed by atoms with van der Waals surface area (Å²) >= 11 is 3.74. The maximum atomic E-state index is 11.3. The summed E-state index contributed by atoms with van der Waals surface area (Å²) in [5.74, 6) is 0.733. The van der Waals surface area contributed by atoms with Crippen molar-refractivity contribution in [3.05, 3.63) is 26.7 Å². The van der Waals surface area contributed by atoms with Crippen LogP contribution in [0.5, 0.6) is 5.75 Å². The zero-order valence-corrected chi connectivity index (χ0v) is 14.8. The second kappa shape index (κ2) is 6.23. The molecule has 0 amide bonds. The fourth-order valence-electron chi connectivity index (χ4n) is 3.99. The Bertz CT molecular complexity index is 605. The number of halogens is 1. The van der Waals surface area contributed by atoms with Crippen LogP contribution in [0.25, 0.3) is 0 Å². The first-order valence-electron chi connectivity index (χ1n) is 8.14. The number of carbonyl (C=O) groups is 1. The lowest BCUT2D eigenvalue weighted by Gasteiger charge is -2.28. The molecule has 0 heterocycles. The maximum absolute atomic E-state index is 11.3. The summed E-state index contributed by atoms with van der Waals surface area (Å²) < 4.78 is 6.78. The maximum Gasteiger partial charge on any atom is 0.303 e. The summed E-state index contributed by atoms with van der Waals surface area (Å²) in [5.41, 5.74) is 5.20. The standard InChI is InChI=1S/C18H23BrO3/c1-10-12-5-3-4-6-13(12)17(19)18(22-2)16(10)14(9-15(20)21)11-7-8-11/h11,14H,3-9H2,1-2H3,(H,20,21). The van der Waals surface area contributed by atoms with E-state index in [1.165, 1.54) is 29.5 Å². The van der Waals surface area contributed by atoms with E-state index in [4.69, 9.17) is 4.74 Å². The van der Waals surface area contributed by atoms with Crippen molar-refractivity contribution >= 4 is 21.9 Å². The summed E-state index contributed by atoms with van der Waals surface area (Å²) in [6, 6.07) is 0. The van der Waals surface area contributed by atoms with E-state index in [9.17, 15) is 9.90 Å². The molecule has 4 heteroatoms. The second-order valence-electron chi connectivity index (χ2n) is 6.59. The van der Waals surface area contributed by atoms with Gasteiger partial charge in [-0.2, -0.15) is 0 Å². The first-order valence-corrected chi connectivity index (χ1v) is 8.93. The molecule has 1 N–H and O–H groups in total. The molecular weight excluding hydrogens is 344 g/mol. The van der Waals surface area contributed by atoms with E-state index in [0.717, 1.165) is 41.5 Å². The van der Waals surface area contributed by atoms with Crippen LogP contribution in [0, 0.1) is 12.8 Å². The van der Waals surface area contributed by atoms with E-state index in [1.807, 2.05) is 0 Å². The molecule has 1 unspecified atom stereocenters. The number of ether oxygens (including phenoxy) is 1. The molecule has 2 aliphatic carbocycles. The first-order chi connectivity index (χ1) is 10.5. The van der Waals surface area contributed by atoms with Crippen LogP contribution in [0.2, 0.25) is 0 Å². The molecule has 0 radical (unpaired) electrons. The molecule has 0 aliphatic heterocycles. The van der Waals surface area contributed by atoms with Gasteiger partial charge in [-0.15, -0.1) is 0 Å². The number of methoxy groups -OCH3 is 1. The predicted molar refractivity (Wildman–Crippen MR) is 89.8 cm³/mol. The molecule has 3 nitrogen and oxygen atoms in total. The van der Waals surface area contributed by atoms with E-state index in [2.05, 4.69) is 22.9 Å². The number of carboxylic acids is 1. The van der Waals surface area contributed by atoms with E-state index < -0.39 is 5.97 Å². The Labute approximate surface area is 140 Å². The average Bonchev–Trinajstić information content (AvgIpc) is 3.33. The van der Waals surface area contributed by atoms with Crippen LogP contribution in [0.4, 0.5) is 0 Å². The van der Waals surface area contributed by atoms with Gasteiger partial charge in [0, 0.05) is 11.5 Å². The molecule has 1 aromatic rings. The van der Waals surface area contributed by atoms with Gasteiger partial charge in [0.15, 0.2) is 0 Å². The minimum atomic E-state index is -0.716. The SMILES string of the molecule is COc1c(Br)c2c(c(C)c1C(CC(=O)O)C1CC1)CCCC2. The van der Waals surface area contributed by atoms with E-state index in [0.29, 0.717) is 5.92 Å². The highest BCUT2D eigenvalue weighted by atomic mass is 79.9. The van der Waals surface area contributed by atoms with E-state index in [-0.39, 0.29) is 12.3 Å². The van der Waals surface area contributed by atoms with Gasteiger partial charge in [0.25, 0.3) is 0 Å². The molecule has 1 atom stereocenters. The largest absolute Gasteiger partial charge is 0.495 e. The Morgan fingerprint density at radius 2 is 1.95 bits per heavy atom. The van der Waals surface area contributed by atoms with Crippen LogP contribution < -0.4 is 4.74 Å². The van der Waals surface area contributed by atoms with Crippen molar-refractivity contribution in [3.63, 3.8) is 0 Å². The van der Waals surface area contributed by atoms with Crippen LogP contribution in [-0.4, -0.2) is 18.2 Å². The van der Waals surface area contributed by atoms with Crippen molar-refractivity contribution in [3.8, 4) is 5.75 Å². The van der Waals surface area contributed by atoms with Crippen molar-refractivity contribution < 1.29 is 14.6 Å². The zero-order chi connectivity index (χ0) is 15.9. The highest BCUT2D eigenvalue weighted by Gasteiger charge is 2.38. The lowest BCUT2D eigenvalue weighted by molar-refractivity contribution is -0.137. The third-order valence-corrected chi connectivity index (χ3v) is 6.03. The van der Waals surface area contributed by atoms with Crippen molar-refractivity contribution in [2.45, 2.75) is 57.8 Å². The smallest absolute Gasteiger partial charge is 0.303 e. The van der Waals surface area contributed by atoms with Crippen molar-refractivity contribution in [1.82, 2.24) is 0 Å². The number of carboxylic acid groups (broad SMARTS) is 1. The minimum Gasteiger partial charge on any atom is -0.495 e. The number of fused-ring (bicyclic) bond motifs is 1. The van der Waals surface area contributed by atoms with Gasteiger partial charge >= 0.3 is 5.97 Å². The molecule has 0 spiro atoms. The average molecular weight is 367 g/mol. The van der Waals surface area contributed by atoms with Crippen molar-refractivity contribution in [2.75, 3.05) is 7.11 Å². The molecule has 0 saturated heterocycles. The lowest BCUT2D eigenvalue weighted by Crippen LogP contribution is -2.16. The van der Waals surface area contributed by atoms with E-state index >= 15 is 0 Å². The van der Waals surface area contributed by atoms with Crippen molar-refractivity contribution in [1.29, 1.82) is 0 Å². The highest BCUT2D eigenvalue weighted by molar-refractivity contribution is 9.10. The van der Waals surface area contributed by atoms with Gasteiger partial charge in [0.2, 0.25) is 0 Å². The second-order valence-corrected chi connectivity index (χ2v) is 7.38. The summed E-state index contributed by atoms with van der Waals surface area (Å²) in [7, 11) is 1.70. The highest BCUT2D eigenvalue weighted by Crippen LogP contribution is 2.51. The molecule has 120 valence electrons. The monoisotopic (exact) mass is 366 g/mol. The molecule has 22 heavy (non-hydrogen) atoms. The Morgan fingerprint density at radius 3 is 2.50 bits per heavy atom. The minimum absolute atomic E-state index is 0.0796. The molecule has 1 aromatic carbocycles. The van der Waals surface area contributed by atoms with Crippen molar-refractivity contribution in [2.24, 2.45) is 5.92 Å². The summed E-state index contributed by atoms with van der Waals surface area (Å²) in [6.45, 7) is 2.16. The molecule has 0 bridgehead atoms. The fraction of sp³-hybridized carbons (Fsp3) is 0.611. The zero-order valence-electron chi connectivity index (χ0n) is 13.2. The van der Waals surface area contributed by atoms with Crippen LogP contribution in [0.3, 0.4) is 0 Å². The van der Waals surface area contributed by atoms with Gasteiger partial charge in [-0.25, -0.2) is 0 Å². The fourth-order valence-corrected chi connectivity index (χ4v) is 4.80. The summed E-state index contributed by atoms with van der Waals surface area (Å²) in [4.78, 5) is 11.3. The third kappa shape index (κ3) is 2.78. The van der Waals surface area contributed by atoms with Gasteiger partial charge in [-0.3, -0.25) is 4.79 Å². The van der Waals surface area contributed by atoms with Gasteiger partial charge in [0.1, 0.15) is 5.75 Å². The van der Waals surface area contributed by atoms with Crippen LogP contribution >= 0.6 is 15.9 Å². The van der Waals surface area contributed by atoms with Crippen LogP contribution in [-0.2, 0) is 17.6 Å². The van der Waals surface area contributed by atoms with Gasteiger partial charge in [-0.1, -0.05) is 0 Å². The van der Waals surface area contributed by atoms with Crippen LogP contribution in [0.15, 0.2) is 4.47 Å². The van der Waals surface area contributed by atoms with Crippen LogP contribution in [0.1, 0.15) is 60.3 Å². The molecule has 0 aromatic heterocycles. The predicted octanol–water partition coefficient (Wildman–Crippen LogP) is 4.61. The number of hydrogen-bond donors (Lipinski definition) is 1. The quantitative estimate of drug-likeness (QED) is 0.827. The number of hydrogen-bond acceptors (Lipinski definition) is 2. The summed E-state index contributed by atoms with van der Waals surface area (Å²) in [5, 5.41) is 9.33. The molecule has 3 rings (SSSR count). The van der Waals surface area contributed by atoms with E-state index in [1.54, 1.807) is 7.11 Å². The Balaban J connectivity index is 2.16. The van der Waals surface area contributed by atoms with Gasteiger partial charge in [-0.05, 0) is 84.0 Å². The topological polar surface area (TPSA) is 46.5 Å². The van der Waals surface area contributed by atoms with Gasteiger partial charge in [0.05, 0.1) is 18.0 Å². The third-order valence-electron chi connectivity index (χ3n) is 5.19. The Hall–Kier alpha value is -1.03. The molecular formula is C18H23BrO3. The molecule has 1 saturated carbocycles. The molecule has 2 aliphatic rings. The number of aliphatic carboxylic acids is 1. The lowest BCUT2D eigenvalue weighted by atomic mass is 9.80. The van der Waals surface area contributed by atoms with Gasteiger partial charge < -0.3 is 9.84 Å². The number of rotatable bonds is 5. The summed E-state index contributed by atoms with van der Waals surface area (Å²) in [6.07, 6.45) is 7.09. The Morgan fingerprint density at radius 1 is 1.32 bits per heavy atom. The molecule has 1 fully saturated rings.